The Bertz CT molecular complexity index is 535. The van der Waals surface area contributed by atoms with Crippen molar-refractivity contribution in [2.75, 3.05) is 11.5 Å². The number of amides is 1. The summed E-state index contributed by atoms with van der Waals surface area (Å²) in [7, 11) is 0. The van der Waals surface area contributed by atoms with Gasteiger partial charge in [0.25, 0.3) is 5.91 Å². The van der Waals surface area contributed by atoms with Crippen molar-refractivity contribution in [1.82, 2.24) is 5.32 Å². The van der Waals surface area contributed by atoms with Crippen LogP contribution in [-0.4, -0.2) is 28.1 Å². The summed E-state index contributed by atoms with van der Waals surface area (Å²) < 4.78 is 0. The van der Waals surface area contributed by atoms with Crippen LogP contribution in [0.3, 0.4) is 0 Å². The van der Waals surface area contributed by atoms with Gasteiger partial charge in [-0.3, -0.25) is 4.79 Å². The van der Waals surface area contributed by atoms with Crippen LogP contribution in [0.4, 0.5) is 0 Å². The summed E-state index contributed by atoms with van der Waals surface area (Å²) in [6.07, 6.45) is 1.45. The zero-order valence-electron chi connectivity index (χ0n) is 12.0. The Morgan fingerprint density at radius 3 is 2.85 bits per heavy atom. The SMILES string of the molecule is CC1(C)CC(NC(=O)C2(O)CCSC2)c2ccccc21. The molecule has 1 aromatic rings. The molecule has 2 atom stereocenters. The molecule has 2 N–H and O–H groups in total. The Morgan fingerprint density at radius 1 is 1.40 bits per heavy atom. The molecule has 20 heavy (non-hydrogen) atoms. The molecule has 1 saturated heterocycles. The van der Waals surface area contributed by atoms with Gasteiger partial charge in [0.05, 0.1) is 6.04 Å². The van der Waals surface area contributed by atoms with Gasteiger partial charge in [0.2, 0.25) is 0 Å². The highest BCUT2D eigenvalue weighted by atomic mass is 32.2. The second-order valence-corrected chi connectivity index (χ2v) is 7.64. The number of carbonyl (C=O) groups excluding carboxylic acids is 1. The first-order chi connectivity index (χ1) is 9.42. The van der Waals surface area contributed by atoms with Crippen molar-refractivity contribution in [2.45, 2.75) is 43.7 Å². The van der Waals surface area contributed by atoms with Gasteiger partial charge < -0.3 is 10.4 Å². The molecule has 108 valence electrons. The average molecular weight is 291 g/mol. The quantitative estimate of drug-likeness (QED) is 0.879. The van der Waals surface area contributed by atoms with E-state index < -0.39 is 5.60 Å². The molecular weight excluding hydrogens is 270 g/mol. The van der Waals surface area contributed by atoms with Crippen molar-refractivity contribution in [1.29, 1.82) is 0 Å². The zero-order valence-corrected chi connectivity index (χ0v) is 12.8. The van der Waals surface area contributed by atoms with Crippen LogP contribution in [0.5, 0.6) is 0 Å². The van der Waals surface area contributed by atoms with E-state index in [1.165, 1.54) is 11.1 Å². The number of benzene rings is 1. The van der Waals surface area contributed by atoms with E-state index in [-0.39, 0.29) is 17.4 Å². The molecule has 0 spiro atoms. The monoisotopic (exact) mass is 291 g/mol. The Morgan fingerprint density at radius 2 is 2.15 bits per heavy atom. The van der Waals surface area contributed by atoms with Crippen LogP contribution in [-0.2, 0) is 10.2 Å². The van der Waals surface area contributed by atoms with Gasteiger partial charge in [-0.2, -0.15) is 11.8 Å². The van der Waals surface area contributed by atoms with Crippen molar-refractivity contribution >= 4 is 17.7 Å². The largest absolute Gasteiger partial charge is 0.379 e. The summed E-state index contributed by atoms with van der Waals surface area (Å²) in [6, 6.07) is 8.30. The minimum Gasteiger partial charge on any atom is -0.379 e. The van der Waals surface area contributed by atoms with Crippen molar-refractivity contribution in [2.24, 2.45) is 0 Å². The number of aliphatic hydroxyl groups is 1. The highest BCUT2D eigenvalue weighted by molar-refractivity contribution is 7.99. The number of carbonyl (C=O) groups is 1. The predicted molar refractivity (Wildman–Crippen MR) is 81.9 cm³/mol. The molecule has 1 aliphatic carbocycles. The van der Waals surface area contributed by atoms with E-state index in [0.29, 0.717) is 12.2 Å². The summed E-state index contributed by atoms with van der Waals surface area (Å²) in [5.74, 6) is 1.16. The van der Waals surface area contributed by atoms with Gasteiger partial charge in [0.1, 0.15) is 0 Å². The average Bonchev–Trinajstić information content (AvgIpc) is 2.95. The van der Waals surface area contributed by atoms with Crippen molar-refractivity contribution in [3.63, 3.8) is 0 Å². The van der Waals surface area contributed by atoms with Crippen LogP contribution in [0.25, 0.3) is 0 Å². The third-order valence-electron chi connectivity index (χ3n) is 4.51. The Balaban J connectivity index is 1.81. The maximum Gasteiger partial charge on any atom is 0.253 e. The minimum absolute atomic E-state index is 0.0170. The number of nitrogens with one attached hydrogen (secondary N) is 1. The van der Waals surface area contributed by atoms with Gasteiger partial charge in [-0.25, -0.2) is 0 Å². The summed E-state index contributed by atoms with van der Waals surface area (Å²) in [6.45, 7) is 4.41. The van der Waals surface area contributed by atoms with Crippen molar-refractivity contribution < 1.29 is 9.90 Å². The van der Waals surface area contributed by atoms with Gasteiger partial charge in [-0.1, -0.05) is 38.1 Å². The fraction of sp³-hybridized carbons (Fsp3) is 0.562. The molecular formula is C16H21NO2S. The molecule has 0 bridgehead atoms. The first-order valence-electron chi connectivity index (χ1n) is 7.13. The number of rotatable bonds is 2. The van der Waals surface area contributed by atoms with Gasteiger partial charge in [-0.05, 0) is 35.1 Å². The predicted octanol–water partition coefficient (Wildman–Crippen LogP) is 2.39. The van der Waals surface area contributed by atoms with Crippen LogP contribution in [0.1, 0.15) is 43.9 Å². The normalized spacial score (nSPS) is 31.1. The standard InChI is InChI=1S/C16H21NO2S/c1-15(2)9-13(11-5-3-4-6-12(11)15)17-14(18)16(19)7-8-20-10-16/h3-6,13,19H,7-10H2,1-2H3,(H,17,18). The summed E-state index contributed by atoms with van der Waals surface area (Å²) in [4.78, 5) is 12.4. The minimum atomic E-state index is -1.17. The fourth-order valence-electron chi connectivity index (χ4n) is 3.30. The summed E-state index contributed by atoms with van der Waals surface area (Å²) in [5.41, 5.74) is 1.40. The highest BCUT2D eigenvalue weighted by Crippen LogP contribution is 2.44. The third-order valence-corrected chi connectivity index (χ3v) is 5.68. The molecule has 1 fully saturated rings. The summed E-state index contributed by atoms with van der Waals surface area (Å²) >= 11 is 1.64. The molecule has 0 aromatic heterocycles. The molecule has 1 aliphatic heterocycles. The lowest BCUT2D eigenvalue weighted by atomic mass is 9.86. The van der Waals surface area contributed by atoms with E-state index in [9.17, 15) is 9.90 Å². The summed E-state index contributed by atoms with van der Waals surface area (Å²) in [5, 5.41) is 13.4. The van der Waals surface area contributed by atoms with E-state index in [4.69, 9.17) is 0 Å². The van der Waals surface area contributed by atoms with Crippen LogP contribution in [0.2, 0.25) is 0 Å². The number of hydrogen-bond acceptors (Lipinski definition) is 3. The van der Waals surface area contributed by atoms with E-state index in [0.717, 1.165) is 12.2 Å². The van der Waals surface area contributed by atoms with Gasteiger partial charge in [0.15, 0.2) is 5.60 Å². The van der Waals surface area contributed by atoms with Crippen molar-refractivity contribution in [3.8, 4) is 0 Å². The molecule has 2 unspecified atom stereocenters. The molecule has 2 aliphatic rings. The molecule has 1 aromatic carbocycles. The topological polar surface area (TPSA) is 49.3 Å². The molecule has 3 nitrogen and oxygen atoms in total. The Kier molecular flexibility index (Phi) is 3.33. The Labute approximate surface area is 124 Å². The number of fused-ring (bicyclic) bond motifs is 1. The second kappa shape index (κ2) is 4.78. The lowest BCUT2D eigenvalue weighted by Gasteiger charge is -2.24. The maximum atomic E-state index is 12.4. The van der Waals surface area contributed by atoms with E-state index in [2.05, 4.69) is 31.3 Å². The van der Waals surface area contributed by atoms with E-state index in [1.807, 2.05) is 12.1 Å². The van der Waals surface area contributed by atoms with Gasteiger partial charge in [-0.15, -0.1) is 0 Å². The lowest BCUT2D eigenvalue weighted by Crippen LogP contribution is -2.47. The van der Waals surface area contributed by atoms with E-state index >= 15 is 0 Å². The highest BCUT2D eigenvalue weighted by Gasteiger charge is 2.43. The Hall–Kier alpha value is -1.00. The van der Waals surface area contributed by atoms with Crippen LogP contribution >= 0.6 is 11.8 Å². The van der Waals surface area contributed by atoms with Gasteiger partial charge in [0, 0.05) is 5.75 Å². The molecule has 1 amide bonds. The van der Waals surface area contributed by atoms with Gasteiger partial charge >= 0.3 is 0 Å². The molecule has 4 heteroatoms. The molecule has 0 radical (unpaired) electrons. The maximum absolute atomic E-state index is 12.4. The number of hydrogen-bond donors (Lipinski definition) is 2. The molecule has 0 saturated carbocycles. The fourth-order valence-corrected chi connectivity index (χ4v) is 4.54. The zero-order chi connectivity index (χ0) is 14.4. The third kappa shape index (κ3) is 2.25. The molecule has 3 rings (SSSR count). The second-order valence-electron chi connectivity index (χ2n) is 6.54. The smallest absolute Gasteiger partial charge is 0.253 e. The van der Waals surface area contributed by atoms with E-state index in [1.54, 1.807) is 11.8 Å². The van der Waals surface area contributed by atoms with Crippen LogP contribution in [0.15, 0.2) is 24.3 Å². The number of thioether (sulfide) groups is 1. The first-order valence-corrected chi connectivity index (χ1v) is 8.28. The first kappa shape index (κ1) is 14.0. The van der Waals surface area contributed by atoms with Crippen LogP contribution in [0, 0.1) is 0 Å². The lowest BCUT2D eigenvalue weighted by molar-refractivity contribution is -0.138. The van der Waals surface area contributed by atoms with Crippen LogP contribution < -0.4 is 5.32 Å². The van der Waals surface area contributed by atoms with Crippen molar-refractivity contribution in [3.05, 3.63) is 35.4 Å². The molecule has 1 heterocycles.